The van der Waals surface area contributed by atoms with E-state index in [1.54, 1.807) is 0 Å². The minimum absolute atomic E-state index is 0. The van der Waals surface area contributed by atoms with Crippen LogP contribution in [0.15, 0.2) is 12.1 Å². The minimum atomic E-state index is 0. The number of halogens is 1. The van der Waals surface area contributed by atoms with E-state index in [9.17, 15) is 4.79 Å². The van der Waals surface area contributed by atoms with Gasteiger partial charge in [0.1, 0.15) is 0 Å². The molecule has 1 aliphatic heterocycles. The van der Waals surface area contributed by atoms with E-state index >= 15 is 0 Å². The highest BCUT2D eigenvalue weighted by molar-refractivity contribution is 5.96. The zero-order chi connectivity index (χ0) is 14.7. The highest BCUT2D eigenvalue weighted by Gasteiger charge is 2.30. The molecule has 0 bridgehead atoms. The lowest BCUT2D eigenvalue weighted by atomic mass is 10.0. The maximum Gasteiger partial charge on any atom is 0.241 e. The van der Waals surface area contributed by atoms with Gasteiger partial charge in [-0.1, -0.05) is 24.6 Å². The first-order valence-electron chi connectivity index (χ1n) is 7.65. The number of hydrogen-bond donors (Lipinski definition) is 1. The van der Waals surface area contributed by atoms with Crippen LogP contribution in [0.5, 0.6) is 0 Å². The van der Waals surface area contributed by atoms with Gasteiger partial charge in [0.2, 0.25) is 5.91 Å². The van der Waals surface area contributed by atoms with E-state index in [1.165, 1.54) is 5.56 Å². The zero-order valence-corrected chi connectivity index (χ0v) is 14.3. The molecular formula is C17H27ClN2O. The van der Waals surface area contributed by atoms with Crippen LogP contribution in [-0.2, 0) is 4.79 Å². The summed E-state index contributed by atoms with van der Waals surface area (Å²) in [7, 11) is 0. The second-order valence-corrected chi connectivity index (χ2v) is 5.96. The van der Waals surface area contributed by atoms with Gasteiger partial charge in [-0.25, -0.2) is 0 Å². The number of rotatable bonds is 4. The van der Waals surface area contributed by atoms with Crippen molar-refractivity contribution in [2.45, 2.75) is 53.0 Å². The first kappa shape index (κ1) is 18.0. The van der Waals surface area contributed by atoms with E-state index in [0.717, 1.165) is 49.2 Å². The molecule has 1 unspecified atom stereocenters. The Kier molecular flexibility index (Phi) is 6.69. The molecule has 1 atom stereocenters. The Labute approximate surface area is 134 Å². The molecule has 1 amide bonds. The number of carbonyl (C=O) groups is 1. The largest absolute Gasteiger partial charge is 0.324 e. The molecule has 1 fully saturated rings. The third-order valence-corrected chi connectivity index (χ3v) is 4.10. The van der Waals surface area contributed by atoms with Crippen LogP contribution in [0.3, 0.4) is 0 Å². The van der Waals surface area contributed by atoms with E-state index in [0.29, 0.717) is 0 Å². The summed E-state index contributed by atoms with van der Waals surface area (Å²) < 4.78 is 0. The molecule has 1 aromatic carbocycles. The number of carbonyl (C=O) groups excluding carboxylic acids is 1. The van der Waals surface area contributed by atoms with Crippen LogP contribution in [0.4, 0.5) is 5.69 Å². The molecule has 1 saturated heterocycles. The normalized spacial score (nSPS) is 18.4. The third kappa shape index (κ3) is 4.21. The van der Waals surface area contributed by atoms with Gasteiger partial charge in [0, 0.05) is 5.69 Å². The molecular weight excluding hydrogens is 284 g/mol. The quantitative estimate of drug-likeness (QED) is 0.916. The fourth-order valence-corrected chi connectivity index (χ4v) is 3.26. The Morgan fingerprint density at radius 2 is 1.90 bits per heavy atom. The summed E-state index contributed by atoms with van der Waals surface area (Å²) in [6.45, 7) is 10.5. The van der Waals surface area contributed by atoms with E-state index < -0.39 is 0 Å². The molecule has 1 N–H and O–H groups in total. The van der Waals surface area contributed by atoms with Gasteiger partial charge in [0.05, 0.1) is 6.04 Å². The smallest absolute Gasteiger partial charge is 0.241 e. The number of benzene rings is 1. The van der Waals surface area contributed by atoms with Crippen molar-refractivity contribution in [3.05, 3.63) is 28.8 Å². The predicted molar refractivity (Wildman–Crippen MR) is 91.4 cm³/mol. The molecule has 0 aliphatic carbocycles. The van der Waals surface area contributed by atoms with E-state index in [-0.39, 0.29) is 24.4 Å². The van der Waals surface area contributed by atoms with Crippen LogP contribution in [0.1, 0.15) is 42.9 Å². The van der Waals surface area contributed by atoms with Crippen molar-refractivity contribution in [1.82, 2.24) is 4.90 Å². The number of anilines is 1. The zero-order valence-electron chi connectivity index (χ0n) is 13.5. The summed E-state index contributed by atoms with van der Waals surface area (Å²) in [5.41, 5.74) is 4.53. The Morgan fingerprint density at radius 3 is 2.48 bits per heavy atom. The average molecular weight is 311 g/mol. The van der Waals surface area contributed by atoms with Gasteiger partial charge in [0.25, 0.3) is 0 Å². The number of nitrogens with one attached hydrogen (secondary N) is 1. The molecule has 0 aromatic heterocycles. The monoisotopic (exact) mass is 310 g/mol. The van der Waals surface area contributed by atoms with Crippen molar-refractivity contribution in [2.24, 2.45) is 0 Å². The van der Waals surface area contributed by atoms with Crippen molar-refractivity contribution in [2.75, 3.05) is 18.4 Å². The summed E-state index contributed by atoms with van der Waals surface area (Å²) >= 11 is 0. The third-order valence-electron chi connectivity index (χ3n) is 4.10. The van der Waals surface area contributed by atoms with Gasteiger partial charge in [-0.05, 0) is 64.3 Å². The second-order valence-electron chi connectivity index (χ2n) is 5.96. The molecule has 3 nitrogen and oxygen atoms in total. The molecule has 118 valence electrons. The van der Waals surface area contributed by atoms with Crippen LogP contribution >= 0.6 is 12.4 Å². The topological polar surface area (TPSA) is 32.3 Å². The Bertz CT molecular complexity index is 479. The van der Waals surface area contributed by atoms with Crippen molar-refractivity contribution in [3.8, 4) is 0 Å². The summed E-state index contributed by atoms with van der Waals surface area (Å²) in [6, 6.07) is 4.30. The minimum Gasteiger partial charge on any atom is -0.324 e. The van der Waals surface area contributed by atoms with Crippen LogP contribution in [0.25, 0.3) is 0 Å². The lowest BCUT2D eigenvalue weighted by Gasteiger charge is -2.24. The summed E-state index contributed by atoms with van der Waals surface area (Å²) in [5.74, 6) is 0.158. The van der Waals surface area contributed by atoms with E-state index in [2.05, 4.69) is 50.0 Å². The SMILES string of the molecule is CCCN1CCCC1C(=O)Nc1c(C)cc(C)cc1C.Cl. The highest BCUT2D eigenvalue weighted by atomic mass is 35.5. The number of likely N-dealkylation sites (tertiary alicyclic amines) is 1. The highest BCUT2D eigenvalue weighted by Crippen LogP contribution is 2.24. The maximum atomic E-state index is 12.5. The van der Waals surface area contributed by atoms with E-state index in [4.69, 9.17) is 0 Å². The Morgan fingerprint density at radius 1 is 1.29 bits per heavy atom. The van der Waals surface area contributed by atoms with Crippen LogP contribution in [0.2, 0.25) is 0 Å². The standard InChI is InChI=1S/C17H26N2O.ClH/c1-5-8-19-9-6-7-15(19)17(20)18-16-13(3)10-12(2)11-14(16)4;/h10-11,15H,5-9H2,1-4H3,(H,18,20);1H. The number of amides is 1. The fraction of sp³-hybridized carbons (Fsp3) is 0.588. The van der Waals surface area contributed by atoms with Crippen LogP contribution in [0, 0.1) is 20.8 Å². The lowest BCUT2D eigenvalue weighted by Crippen LogP contribution is -2.40. The average Bonchev–Trinajstić information content (AvgIpc) is 2.82. The molecule has 2 rings (SSSR count). The van der Waals surface area contributed by atoms with Gasteiger partial charge in [0.15, 0.2) is 0 Å². The maximum absolute atomic E-state index is 12.5. The van der Waals surface area contributed by atoms with E-state index in [1.807, 2.05) is 0 Å². The van der Waals surface area contributed by atoms with Gasteiger partial charge in [-0.3, -0.25) is 9.69 Å². The van der Waals surface area contributed by atoms with Crippen molar-refractivity contribution in [1.29, 1.82) is 0 Å². The second kappa shape index (κ2) is 7.81. The lowest BCUT2D eigenvalue weighted by molar-refractivity contribution is -0.120. The molecule has 1 aromatic rings. The summed E-state index contributed by atoms with van der Waals surface area (Å²) in [4.78, 5) is 14.9. The van der Waals surface area contributed by atoms with Crippen LogP contribution in [-0.4, -0.2) is 29.9 Å². The molecule has 4 heteroatoms. The van der Waals surface area contributed by atoms with Crippen molar-refractivity contribution < 1.29 is 4.79 Å². The first-order valence-corrected chi connectivity index (χ1v) is 7.65. The number of hydrogen-bond acceptors (Lipinski definition) is 2. The van der Waals surface area contributed by atoms with Gasteiger partial charge in [-0.15, -0.1) is 12.4 Å². The number of nitrogens with zero attached hydrogens (tertiary/aromatic N) is 1. The molecule has 1 heterocycles. The summed E-state index contributed by atoms with van der Waals surface area (Å²) in [6.07, 6.45) is 3.21. The van der Waals surface area contributed by atoms with Crippen LogP contribution < -0.4 is 5.32 Å². The first-order chi connectivity index (χ1) is 9.52. The fourth-order valence-electron chi connectivity index (χ4n) is 3.26. The predicted octanol–water partition coefficient (Wildman–Crippen LogP) is 3.85. The van der Waals surface area contributed by atoms with Crippen molar-refractivity contribution in [3.63, 3.8) is 0 Å². The molecule has 0 saturated carbocycles. The number of aryl methyl sites for hydroxylation is 3. The molecule has 21 heavy (non-hydrogen) atoms. The van der Waals surface area contributed by atoms with Gasteiger partial charge in [-0.2, -0.15) is 0 Å². The van der Waals surface area contributed by atoms with Gasteiger partial charge >= 0.3 is 0 Å². The molecule has 0 spiro atoms. The molecule has 1 aliphatic rings. The Hall–Kier alpha value is -1.06. The van der Waals surface area contributed by atoms with Crippen molar-refractivity contribution >= 4 is 24.0 Å². The Balaban J connectivity index is 0.00000220. The van der Waals surface area contributed by atoms with Gasteiger partial charge < -0.3 is 5.32 Å². The molecule has 0 radical (unpaired) electrons. The summed E-state index contributed by atoms with van der Waals surface area (Å²) in [5, 5.41) is 3.16.